The zero-order valence-electron chi connectivity index (χ0n) is 10.8. The van der Waals surface area contributed by atoms with E-state index in [9.17, 15) is 14.9 Å². The number of carbonyl (C=O) groups excluding carboxylic acids is 1. The predicted octanol–water partition coefficient (Wildman–Crippen LogP) is 2.72. The third-order valence-corrected chi connectivity index (χ3v) is 2.64. The molecule has 2 rings (SSSR count). The summed E-state index contributed by atoms with van der Waals surface area (Å²) in [6.07, 6.45) is 4.24. The van der Waals surface area contributed by atoms with Crippen LogP contribution >= 0.6 is 0 Å². The van der Waals surface area contributed by atoms with Crippen LogP contribution in [0, 0.1) is 10.1 Å². The third kappa shape index (κ3) is 2.97. The molecule has 0 amide bonds. The fourth-order valence-electron chi connectivity index (χ4n) is 1.76. The molecule has 0 N–H and O–H groups in total. The van der Waals surface area contributed by atoms with Crippen molar-refractivity contribution in [2.24, 2.45) is 0 Å². The number of nitrogens with zero attached hydrogens (tertiary/aromatic N) is 2. The van der Waals surface area contributed by atoms with Gasteiger partial charge in [-0.05, 0) is 19.1 Å². The molecule has 20 heavy (non-hydrogen) atoms. The van der Waals surface area contributed by atoms with Crippen LogP contribution in [0.25, 0.3) is 16.8 Å². The summed E-state index contributed by atoms with van der Waals surface area (Å²) in [4.78, 5) is 25.9. The summed E-state index contributed by atoms with van der Waals surface area (Å²) >= 11 is 0. The second-order valence-electron chi connectivity index (χ2n) is 3.95. The summed E-state index contributed by atoms with van der Waals surface area (Å²) in [5.41, 5.74) is 0.468. The van der Waals surface area contributed by atoms with E-state index in [0.29, 0.717) is 23.1 Å². The van der Waals surface area contributed by atoms with E-state index in [0.717, 1.165) is 0 Å². The summed E-state index contributed by atoms with van der Waals surface area (Å²) < 4.78 is 4.75. The molecule has 0 spiro atoms. The molecule has 1 heterocycles. The molecule has 0 radical (unpaired) electrons. The molecule has 102 valence electrons. The van der Waals surface area contributed by atoms with Crippen molar-refractivity contribution in [3.8, 4) is 0 Å². The van der Waals surface area contributed by atoms with Crippen LogP contribution in [0.5, 0.6) is 0 Å². The Hall–Kier alpha value is -2.76. The molecule has 1 aromatic heterocycles. The second kappa shape index (κ2) is 5.92. The highest BCUT2D eigenvalue weighted by Crippen LogP contribution is 2.25. The van der Waals surface area contributed by atoms with Crippen molar-refractivity contribution in [3.63, 3.8) is 0 Å². The Labute approximate surface area is 114 Å². The first-order valence-corrected chi connectivity index (χ1v) is 6.00. The monoisotopic (exact) mass is 272 g/mol. The highest BCUT2D eigenvalue weighted by Gasteiger charge is 2.11. The summed E-state index contributed by atoms with van der Waals surface area (Å²) in [6.45, 7) is 2.00. The van der Waals surface area contributed by atoms with E-state index in [1.54, 1.807) is 25.1 Å². The van der Waals surface area contributed by atoms with Crippen molar-refractivity contribution < 1.29 is 14.5 Å². The van der Waals surface area contributed by atoms with Crippen LogP contribution in [0.4, 0.5) is 5.69 Å². The van der Waals surface area contributed by atoms with Gasteiger partial charge in [0.2, 0.25) is 0 Å². The highest BCUT2D eigenvalue weighted by molar-refractivity contribution is 5.92. The molecule has 0 aliphatic heterocycles. The minimum Gasteiger partial charge on any atom is -0.463 e. The number of benzene rings is 1. The van der Waals surface area contributed by atoms with Crippen LogP contribution in [0.2, 0.25) is 0 Å². The Morgan fingerprint density at radius 1 is 1.50 bits per heavy atom. The number of hydrogen-bond acceptors (Lipinski definition) is 5. The van der Waals surface area contributed by atoms with Gasteiger partial charge in [-0.2, -0.15) is 0 Å². The van der Waals surface area contributed by atoms with E-state index in [-0.39, 0.29) is 5.69 Å². The third-order valence-electron chi connectivity index (χ3n) is 2.64. The lowest BCUT2D eigenvalue weighted by atomic mass is 10.1. The number of ether oxygens (including phenoxy) is 1. The molecule has 0 saturated heterocycles. The smallest absolute Gasteiger partial charge is 0.330 e. The average molecular weight is 272 g/mol. The maximum atomic E-state index is 11.2. The number of nitro benzene ring substituents is 1. The van der Waals surface area contributed by atoms with Crippen LogP contribution in [0.15, 0.2) is 36.5 Å². The van der Waals surface area contributed by atoms with Crippen LogP contribution in [-0.4, -0.2) is 22.5 Å². The zero-order chi connectivity index (χ0) is 14.5. The Morgan fingerprint density at radius 3 is 3.00 bits per heavy atom. The van der Waals surface area contributed by atoms with Crippen molar-refractivity contribution >= 4 is 28.5 Å². The van der Waals surface area contributed by atoms with E-state index in [2.05, 4.69) is 4.98 Å². The number of rotatable bonds is 4. The first kappa shape index (κ1) is 13.7. The summed E-state index contributed by atoms with van der Waals surface area (Å²) in [5.74, 6) is -0.475. The van der Waals surface area contributed by atoms with Crippen LogP contribution in [0.1, 0.15) is 12.6 Å². The minimum absolute atomic E-state index is 0.00989. The highest BCUT2D eigenvalue weighted by atomic mass is 16.6. The molecule has 0 aliphatic carbocycles. The first-order chi connectivity index (χ1) is 9.61. The van der Waals surface area contributed by atoms with Gasteiger partial charge in [-0.25, -0.2) is 4.79 Å². The summed E-state index contributed by atoms with van der Waals surface area (Å²) in [7, 11) is 0. The normalized spacial score (nSPS) is 10.8. The predicted molar refractivity (Wildman–Crippen MR) is 74.1 cm³/mol. The van der Waals surface area contributed by atoms with E-state index in [4.69, 9.17) is 4.74 Å². The summed E-state index contributed by atoms with van der Waals surface area (Å²) in [6, 6.07) is 6.36. The molecule has 0 bridgehead atoms. The molecule has 0 aliphatic rings. The van der Waals surface area contributed by atoms with E-state index in [1.807, 2.05) is 0 Å². The number of esters is 1. The number of fused-ring (bicyclic) bond motifs is 1. The fraction of sp³-hybridized carbons (Fsp3) is 0.143. The van der Waals surface area contributed by atoms with Crippen molar-refractivity contribution in [1.82, 2.24) is 4.98 Å². The lowest BCUT2D eigenvalue weighted by Crippen LogP contribution is -1.98. The van der Waals surface area contributed by atoms with Crippen molar-refractivity contribution in [3.05, 3.63) is 52.3 Å². The lowest BCUT2D eigenvalue weighted by molar-refractivity contribution is -0.383. The molecule has 6 heteroatoms. The van der Waals surface area contributed by atoms with Gasteiger partial charge in [-0.15, -0.1) is 0 Å². The van der Waals surface area contributed by atoms with Gasteiger partial charge < -0.3 is 4.74 Å². The number of carbonyl (C=O) groups is 1. The van der Waals surface area contributed by atoms with Gasteiger partial charge in [0.1, 0.15) is 0 Å². The molecule has 1 aromatic carbocycles. The quantitative estimate of drug-likeness (QED) is 0.370. The molecule has 2 aromatic rings. The van der Waals surface area contributed by atoms with Crippen molar-refractivity contribution in [2.45, 2.75) is 6.92 Å². The minimum atomic E-state index is -0.475. The average Bonchev–Trinajstić information content (AvgIpc) is 2.44. The maximum absolute atomic E-state index is 11.2. The lowest BCUT2D eigenvalue weighted by Gasteiger charge is -2.00. The van der Waals surface area contributed by atoms with E-state index in [1.165, 1.54) is 24.4 Å². The van der Waals surface area contributed by atoms with Crippen molar-refractivity contribution in [1.29, 1.82) is 0 Å². The Balaban J connectivity index is 2.40. The fourth-order valence-corrected chi connectivity index (χ4v) is 1.76. The zero-order valence-corrected chi connectivity index (χ0v) is 10.8. The number of aromatic nitrogens is 1. The maximum Gasteiger partial charge on any atom is 0.330 e. The first-order valence-electron chi connectivity index (χ1n) is 6.00. The largest absolute Gasteiger partial charge is 0.463 e. The molecular weight excluding hydrogens is 260 g/mol. The Morgan fingerprint density at radius 2 is 2.30 bits per heavy atom. The van der Waals surface area contributed by atoms with Crippen molar-refractivity contribution in [2.75, 3.05) is 6.61 Å². The standard InChI is InChI=1S/C14H12N2O4/c1-2-20-14(17)7-6-11-8-12-10(9-15-11)4-3-5-13(12)16(18)19/h3-9H,2H2,1H3/b7-6+. The van der Waals surface area contributed by atoms with E-state index < -0.39 is 10.9 Å². The number of hydrogen-bond donors (Lipinski definition) is 0. The van der Waals surface area contributed by atoms with Crippen LogP contribution < -0.4 is 0 Å². The molecule has 0 fully saturated rings. The molecular formula is C14H12N2O4. The number of non-ortho nitro benzene ring substituents is 1. The van der Waals surface area contributed by atoms with Crippen LogP contribution in [0.3, 0.4) is 0 Å². The second-order valence-corrected chi connectivity index (χ2v) is 3.95. The van der Waals surface area contributed by atoms with Gasteiger partial charge in [-0.3, -0.25) is 15.1 Å². The van der Waals surface area contributed by atoms with E-state index >= 15 is 0 Å². The molecule has 0 atom stereocenters. The van der Waals surface area contributed by atoms with Gasteiger partial charge in [0.25, 0.3) is 5.69 Å². The molecule has 0 saturated carbocycles. The topological polar surface area (TPSA) is 82.3 Å². The SMILES string of the molecule is CCOC(=O)/C=C/c1cc2c([N+](=O)[O-])cccc2cn1. The molecule has 6 nitrogen and oxygen atoms in total. The van der Waals surface area contributed by atoms with Gasteiger partial charge >= 0.3 is 5.97 Å². The van der Waals surface area contributed by atoms with Gasteiger partial charge in [0, 0.05) is 23.7 Å². The van der Waals surface area contributed by atoms with Gasteiger partial charge in [0.15, 0.2) is 0 Å². The molecule has 0 unspecified atom stereocenters. The Bertz CT molecular complexity index is 695. The van der Waals surface area contributed by atoms with Gasteiger partial charge in [0.05, 0.1) is 22.6 Å². The Kier molecular flexibility index (Phi) is 4.05. The number of nitro groups is 1. The number of pyridine rings is 1. The summed E-state index contributed by atoms with van der Waals surface area (Å²) in [5, 5.41) is 12.1. The van der Waals surface area contributed by atoms with Gasteiger partial charge in [-0.1, -0.05) is 12.1 Å². The van der Waals surface area contributed by atoms with Crippen LogP contribution in [-0.2, 0) is 9.53 Å².